The first kappa shape index (κ1) is 27.6. The zero-order chi connectivity index (χ0) is 27.4. The number of likely N-dealkylation sites (tertiary alicyclic amines) is 1. The van der Waals surface area contributed by atoms with Crippen LogP contribution in [-0.2, 0) is 20.8 Å². The van der Waals surface area contributed by atoms with Crippen molar-refractivity contribution in [2.24, 2.45) is 23.7 Å². The minimum absolute atomic E-state index is 0.0884. The van der Waals surface area contributed by atoms with Crippen LogP contribution >= 0.6 is 0 Å². The normalized spacial score (nSPS) is 25.1. The highest BCUT2D eigenvalue weighted by Gasteiger charge is 2.58. The Bertz CT molecular complexity index is 1190. The fourth-order valence-electron chi connectivity index (χ4n) is 6.19. The Morgan fingerprint density at radius 1 is 1.05 bits per heavy atom. The number of nitrogens with one attached hydrogen (secondary N) is 2. The van der Waals surface area contributed by atoms with Gasteiger partial charge in [-0.25, -0.2) is 0 Å². The van der Waals surface area contributed by atoms with Gasteiger partial charge in [-0.05, 0) is 55.4 Å². The van der Waals surface area contributed by atoms with Crippen LogP contribution in [0.5, 0.6) is 0 Å². The van der Waals surface area contributed by atoms with Crippen LogP contribution in [0, 0.1) is 37.5 Å². The van der Waals surface area contributed by atoms with Crippen LogP contribution < -0.4 is 10.6 Å². The number of benzene rings is 2. The van der Waals surface area contributed by atoms with E-state index in [0.29, 0.717) is 12.1 Å². The number of carbonyl (C=O) groups excluding carboxylic acids is 3. The number of amides is 3. The number of rotatable bonds is 9. The molecule has 2 aliphatic rings. The van der Waals surface area contributed by atoms with Gasteiger partial charge in [-0.2, -0.15) is 0 Å². The number of carbonyl (C=O) groups is 3. The van der Waals surface area contributed by atoms with Crippen LogP contribution in [-0.4, -0.2) is 53.5 Å². The molecule has 0 aromatic heterocycles. The van der Waals surface area contributed by atoms with Gasteiger partial charge in [-0.3, -0.25) is 14.4 Å². The van der Waals surface area contributed by atoms with Crippen molar-refractivity contribution in [2.75, 3.05) is 19.0 Å². The molecule has 3 N–H and O–H groups in total. The predicted octanol–water partition coefficient (Wildman–Crippen LogP) is 3.64. The lowest BCUT2D eigenvalue weighted by Gasteiger charge is -2.34. The van der Waals surface area contributed by atoms with E-state index in [2.05, 4.69) is 17.6 Å². The van der Waals surface area contributed by atoms with Crippen LogP contribution in [0.2, 0.25) is 0 Å². The van der Waals surface area contributed by atoms with E-state index in [1.165, 1.54) is 0 Å². The molecule has 202 valence electrons. The van der Waals surface area contributed by atoms with Gasteiger partial charge in [0.2, 0.25) is 17.7 Å². The SMILES string of the molecule is CCC[C@@H]1C=C[C@H]2[C@H](C(=O)N([C@@H](CO)Cc3ccccc3)[C@@H]2C(=O)Nc2cc(C)ccc2C)[C@@H]1C(=O)NC. The van der Waals surface area contributed by atoms with Gasteiger partial charge < -0.3 is 20.6 Å². The molecule has 0 unspecified atom stereocenters. The summed E-state index contributed by atoms with van der Waals surface area (Å²) in [6.07, 6.45) is 6.04. The third-order valence-electron chi connectivity index (χ3n) is 8.06. The van der Waals surface area contributed by atoms with Crippen LogP contribution in [0.3, 0.4) is 0 Å². The fraction of sp³-hybridized carbons (Fsp3) is 0.452. The first-order valence-electron chi connectivity index (χ1n) is 13.6. The first-order valence-corrected chi connectivity index (χ1v) is 13.6. The quantitative estimate of drug-likeness (QED) is 0.443. The second kappa shape index (κ2) is 11.9. The molecule has 1 fully saturated rings. The Balaban J connectivity index is 1.77. The molecule has 38 heavy (non-hydrogen) atoms. The van der Waals surface area contributed by atoms with Crippen molar-refractivity contribution in [2.45, 2.75) is 52.1 Å². The summed E-state index contributed by atoms with van der Waals surface area (Å²) in [6.45, 7) is 5.66. The van der Waals surface area contributed by atoms with Gasteiger partial charge in [0.25, 0.3) is 0 Å². The van der Waals surface area contributed by atoms with E-state index in [1.54, 1.807) is 11.9 Å². The average Bonchev–Trinajstić information content (AvgIpc) is 3.21. The summed E-state index contributed by atoms with van der Waals surface area (Å²) in [6, 6.07) is 14.1. The van der Waals surface area contributed by atoms with Gasteiger partial charge in [-0.15, -0.1) is 0 Å². The summed E-state index contributed by atoms with van der Waals surface area (Å²) in [5.74, 6) is -2.54. The van der Waals surface area contributed by atoms with Crippen molar-refractivity contribution in [3.8, 4) is 0 Å². The Labute approximate surface area is 225 Å². The van der Waals surface area contributed by atoms with Gasteiger partial charge in [0.15, 0.2) is 0 Å². The third kappa shape index (κ3) is 5.39. The van der Waals surface area contributed by atoms with E-state index in [1.807, 2.05) is 74.5 Å². The highest BCUT2D eigenvalue weighted by Crippen LogP contribution is 2.46. The molecule has 6 atom stereocenters. The Hall–Kier alpha value is -3.45. The molecule has 4 rings (SSSR count). The van der Waals surface area contributed by atoms with E-state index in [9.17, 15) is 19.5 Å². The minimum Gasteiger partial charge on any atom is -0.394 e. The lowest BCUT2D eigenvalue weighted by Crippen LogP contribution is -2.51. The first-order chi connectivity index (χ1) is 18.3. The Morgan fingerprint density at radius 2 is 1.79 bits per heavy atom. The number of anilines is 1. The molecule has 0 bridgehead atoms. The largest absolute Gasteiger partial charge is 0.394 e. The summed E-state index contributed by atoms with van der Waals surface area (Å²) in [5, 5.41) is 16.3. The van der Waals surface area contributed by atoms with Gasteiger partial charge in [0.1, 0.15) is 6.04 Å². The molecular weight excluding hydrogens is 478 g/mol. The summed E-state index contributed by atoms with van der Waals surface area (Å²) >= 11 is 0. The summed E-state index contributed by atoms with van der Waals surface area (Å²) in [7, 11) is 1.59. The monoisotopic (exact) mass is 517 g/mol. The van der Waals surface area contributed by atoms with Crippen LogP contribution in [0.25, 0.3) is 0 Å². The average molecular weight is 518 g/mol. The van der Waals surface area contributed by atoms with Crippen molar-refractivity contribution in [3.05, 3.63) is 77.4 Å². The van der Waals surface area contributed by atoms with E-state index >= 15 is 0 Å². The number of allylic oxidation sites excluding steroid dienone is 1. The van der Waals surface area contributed by atoms with Crippen LogP contribution in [0.1, 0.15) is 36.5 Å². The van der Waals surface area contributed by atoms with Crippen LogP contribution in [0.4, 0.5) is 5.69 Å². The second-order valence-electron chi connectivity index (χ2n) is 10.6. The molecule has 0 radical (unpaired) electrons. The van der Waals surface area contributed by atoms with Crippen molar-refractivity contribution >= 4 is 23.4 Å². The molecule has 7 nitrogen and oxygen atoms in total. The Morgan fingerprint density at radius 3 is 2.45 bits per heavy atom. The summed E-state index contributed by atoms with van der Waals surface area (Å²) in [4.78, 5) is 42.9. The Kier molecular flexibility index (Phi) is 8.67. The molecule has 1 heterocycles. The lowest BCUT2D eigenvalue weighted by atomic mass is 9.68. The number of aliphatic hydroxyl groups is 1. The maximum absolute atomic E-state index is 14.2. The highest BCUT2D eigenvalue weighted by molar-refractivity contribution is 6.02. The van der Waals surface area contributed by atoms with E-state index in [4.69, 9.17) is 0 Å². The van der Waals surface area contributed by atoms with E-state index < -0.39 is 29.8 Å². The molecule has 2 aromatic carbocycles. The van der Waals surface area contributed by atoms with Gasteiger partial charge in [0, 0.05) is 18.7 Å². The molecule has 7 heteroatoms. The number of hydrogen-bond acceptors (Lipinski definition) is 4. The summed E-state index contributed by atoms with van der Waals surface area (Å²) in [5.41, 5.74) is 3.59. The maximum atomic E-state index is 14.2. The molecular formula is C31H39N3O4. The number of aliphatic hydroxyl groups excluding tert-OH is 1. The maximum Gasteiger partial charge on any atom is 0.247 e. The van der Waals surface area contributed by atoms with Crippen LogP contribution in [0.15, 0.2) is 60.7 Å². The van der Waals surface area contributed by atoms with Gasteiger partial charge in [0.05, 0.1) is 24.5 Å². The smallest absolute Gasteiger partial charge is 0.247 e. The zero-order valence-electron chi connectivity index (χ0n) is 22.7. The number of fused-ring (bicyclic) bond motifs is 1. The van der Waals surface area contributed by atoms with Gasteiger partial charge >= 0.3 is 0 Å². The standard InChI is InChI=1S/C31H39N3O4/c1-5-9-22-14-15-24-27(26(22)29(36)32-4)31(38)34(23(18-35)17-21-10-7-6-8-11-21)28(24)30(37)33-25-16-19(2)12-13-20(25)3/h6-8,10-16,22-24,26-28,35H,5,9,17-18H2,1-4H3,(H,32,36)(H,33,37)/t22-,23-,24+,26-,27+,28+/m1/s1. The number of hydrogen-bond donors (Lipinski definition) is 3. The van der Waals surface area contributed by atoms with Crippen molar-refractivity contribution in [1.82, 2.24) is 10.2 Å². The van der Waals surface area contributed by atoms with Crippen molar-refractivity contribution in [3.63, 3.8) is 0 Å². The predicted molar refractivity (Wildman–Crippen MR) is 148 cm³/mol. The lowest BCUT2D eigenvalue weighted by molar-refractivity contribution is -0.142. The molecule has 1 saturated heterocycles. The van der Waals surface area contributed by atoms with Crippen molar-refractivity contribution in [1.29, 1.82) is 0 Å². The minimum atomic E-state index is -0.848. The molecule has 0 saturated carbocycles. The highest BCUT2D eigenvalue weighted by atomic mass is 16.3. The second-order valence-corrected chi connectivity index (χ2v) is 10.6. The molecule has 1 aliphatic carbocycles. The molecule has 2 aromatic rings. The summed E-state index contributed by atoms with van der Waals surface area (Å²) < 4.78 is 0. The third-order valence-corrected chi connectivity index (χ3v) is 8.06. The van der Waals surface area contributed by atoms with E-state index in [0.717, 1.165) is 29.5 Å². The topological polar surface area (TPSA) is 98.7 Å². The zero-order valence-corrected chi connectivity index (χ0v) is 22.7. The van der Waals surface area contributed by atoms with Crippen molar-refractivity contribution < 1.29 is 19.5 Å². The molecule has 0 spiro atoms. The molecule has 1 aliphatic heterocycles. The fourth-order valence-corrected chi connectivity index (χ4v) is 6.19. The van der Waals surface area contributed by atoms with Gasteiger partial charge in [-0.1, -0.05) is 68.0 Å². The molecule has 3 amide bonds. The number of aryl methyl sites for hydroxylation is 2. The van der Waals surface area contributed by atoms with E-state index in [-0.39, 0.29) is 30.2 Å². The number of nitrogens with zero attached hydrogens (tertiary/aromatic N) is 1.